The number of nitrogens with two attached hydrogens (primary N) is 1. The summed E-state index contributed by atoms with van der Waals surface area (Å²) in [4.78, 5) is 73.7. The molecule has 4 atom stereocenters. The number of phosphoric ester groups is 1. The number of benzene rings is 2. The Morgan fingerprint density at radius 1 is 0.957 bits per heavy atom. The van der Waals surface area contributed by atoms with Crippen molar-refractivity contribution >= 4 is 31.5 Å². The van der Waals surface area contributed by atoms with E-state index in [2.05, 4.69) is 15.2 Å². The molecule has 47 heavy (non-hydrogen) atoms. The lowest BCUT2D eigenvalue weighted by molar-refractivity contribution is -0.149. The molecule has 0 bridgehead atoms. The molecular weight excluding hydrogens is 627 g/mol. The minimum absolute atomic E-state index is 0.0373. The maximum Gasteiger partial charge on any atom is 0.524 e. The quantitative estimate of drug-likeness (QED) is 0.107. The predicted molar refractivity (Wildman–Crippen MR) is 173 cm³/mol. The van der Waals surface area contributed by atoms with E-state index in [1.54, 1.807) is 17.0 Å². The van der Waals surface area contributed by atoms with E-state index in [-0.39, 0.29) is 43.1 Å². The number of amides is 3. The molecule has 2 aliphatic heterocycles. The molecule has 0 spiro atoms. The fourth-order valence-electron chi connectivity index (χ4n) is 6.18. The molecule has 14 heteroatoms. The highest BCUT2D eigenvalue weighted by Crippen LogP contribution is 2.37. The van der Waals surface area contributed by atoms with Crippen molar-refractivity contribution in [2.24, 2.45) is 11.7 Å². The summed E-state index contributed by atoms with van der Waals surface area (Å²) >= 11 is 0. The SMILES string of the molecule is NCCCCNC(=O)[C@@H]1CC[C@@H]2CCCC[C@H](NC(=O)[C@@H](CC(=O)OCc3ccccc3)Cc3ccc(OP(=O)(O)O)cc3)C(=O)N21. The number of esters is 1. The predicted octanol–water partition coefficient (Wildman–Crippen LogP) is 2.72. The average Bonchev–Trinajstić information content (AvgIpc) is 3.46. The Kier molecular flexibility index (Phi) is 13.4. The number of phosphoric acid groups is 1. The maximum atomic E-state index is 14.0. The van der Waals surface area contributed by atoms with E-state index < -0.39 is 37.7 Å². The zero-order valence-corrected chi connectivity index (χ0v) is 27.3. The van der Waals surface area contributed by atoms with Gasteiger partial charge in [-0.15, -0.1) is 0 Å². The molecule has 0 aromatic heterocycles. The number of carbonyl (C=O) groups excluding carboxylic acids is 4. The van der Waals surface area contributed by atoms with Crippen LogP contribution in [0.2, 0.25) is 0 Å². The molecule has 13 nitrogen and oxygen atoms in total. The molecule has 2 fully saturated rings. The van der Waals surface area contributed by atoms with Gasteiger partial charge in [-0.05, 0) is 74.8 Å². The van der Waals surface area contributed by atoms with Gasteiger partial charge in [0.15, 0.2) is 0 Å². The Morgan fingerprint density at radius 3 is 2.38 bits per heavy atom. The van der Waals surface area contributed by atoms with Crippen LogP contribution < -0.4 is 20.9 Å². The second-order valence-corrected chi connectivity index (χ2v) is 13.3. The highest BCUT2D eigenvalue weighted by atomic mass is 31.2. The number of ether oxygens (including phenoxy) is 1. The van der Waals surface area contributed by atoms with Gasteiger partial charge in [-0.1, -0.05) is 55.3 Å². The zero-order chi connectivity index (χ0) is 33.8. The first kappa shape index (κ1) is 36.1. The summed E-state index contributed by atoms with van der Waals surface area (Å²) in [6, 6.07) is 13.4. The molecule has 0 unspecified atom stereocenters. The monoisotopic (exact) mass is 672 g/mol. The summed E-state index contributed by atoms with van der Waals surface area (Å²) < 4.78 is 21.3. The van der Waals surface area contributed by atoms with E-state index in [1.165, 1.54) is 12.1 Å². The largest absolute Gasteiger partial charge is 0.524 e. The van der Waals surface area contributed by atoms with Gasteiger partial charge in [-0.3, -0.25) is 29.0 Å². The first-order valence-electron chi connectivity index (χ1n) is 16.2. The van der Waals surface area contributed by atoms with Crippen molar-refractivity contribution in [3.63, 3.8) is 0 Å². The van der Waals surface area contributed by atoms with E-state index in [1.807, 2.05) is 30.3 Å². The normalized spacial score (nSPS) is 20.4. The van der Waals surface area contributed by atoms with Gasteiger partial charge in [0.2, 0.25) is 17.7 Å². The third kappa shape index (κ3) is 11.2. The third-order valence-electron chi connectivity index (χ3n) is 8.54. The van der Waals surface area contributed by atoms with Gasteiger partial charge in [0.25, 0.3) is 0 Å². The number of fused-ring (bicyclic) bond motifs is 1. The standard InChI is InChI=1S/C33H45N4O9P/c34-18-6-7-19-35-32(40)29-17-14-26-10-4-5-11-28(33(41)37(26)29)36-31(39)25(21-30(38)45-22-24-8-2-1-3-9-24)20-23-12-15-27(16-13-23)46-47(42,43)44/h1-3,8-9,12-13,15-16,25-26,28-29H,4-7,10-11,14,17-22,34H2,(H,35,40)(H,36,39)(H2,42,43,44)/t25-,26+,28+,29+/m1/s1. The van der Waals surface area contributed by atoms with E-state index in [4.69, 9.17) is 20.3 Å². The van der Waals surface area contributed by atoms with Crippen molar-refractivity contribution in [2.45, 2.75) is 88.9 Å². The van der Waals surface area contributed by atoms with Crippen molar-refractivity contribution in [1.82, 2.24) is 15.5 Å². The van der Waals surface area contributed by atoms with Crippen LogP contribution in [0, 0.1) is 5.92 Å². The number of hydrogen-bond donors (Lipinski definition) is 5. The molecule has 2 saturated heterocycles. The molecule has 4 rings (SSSR count). The van der Waals surface area contributed by atoms with E-state index in [0.29, 0.717) is 37.9 Å². The Hall–Kier alpha value is -3.77. The van der Waals surface area contributed by atoms with Crippen LogP contribution in [0.25, 0.3) is 0 Å². The molecule has 256 valence electrons. The molecule has 0 radical (unpaired) electrons. The molecule has 2 aliphatic rings. The number of unbranched alkanes of at least 4 members (excludes halogenated alkanes) is 1. The lowest BCUT2D eigenvalue weighted by Crippen LogP contribution is -2.57. The zero-order valence-electron chi connectivity index (χ0n) is 26.4. The summed E-state index contributed by atoms with van der Waals surface area (Å²) in [6.07, 6.45) is 5.40. The van der Waals surface area contributed by atoms with Crippen molar-refractivity contribution in [2.75, 3.05) is 13.1 Å². The smallest absolute Gasteiger partial charge is 0.461 e. The first-order chi connectivity index (χ1) is 22.5. The molecule has 2 aromatic rings. The van der Waals surface area contributed by atoms with Crippen molar-refractivity contribution < 1.29 is 42.8 Å². The van der Waals surface area contributed by atoms with Gasteiger partial charge in [0, 0.05) is 12.6 Å². The number of hydrogen-bond acceptors (Lipinski definition) is 8. The lowest BCUT2D eigenvalue weighted by atomic mass is 9.93. The second-order valence-electron chi connectivity index (χ2n) is 12.1. The molecular formula is C33H45N4O9P. The van der Waals surface area contributed by atoms with Crippen LogP contribution in [0.15, 0.2) is 54.6 Å². The minimum Gasteiger partial charge on any atom is -0.461 e. The fourth-order valence-corrected chi connectivity index (χ4v) is 6.57. The van der Waals surface area contributed by atoms with Crippen molar-refractivity contribution in [1.29, 1.82) is 0 Å². The van der Waals surface area contributed by atoms with Gasteiger partial charge in [0.05, 0.1) is 12.3 Å². The van der Waals surface area contributed by atoms with Crippen LogP contribution in [0.3, 0.4) is 0 Å². The Balaban J connectivity index is 1.47. The first-order valence-corrected chi connectivity index (χ1v) is 17.7. The summed E-state index contributed by atoms with van der Waals surface area (Å²) in [5.74, 6) is -2.56. The maximum absolute atomic E-state index is 14.0. The van der Waals surface area contributed by atoms with Gasteiger partial charge in [-0.25, -0.2) is 4.57 Å². The van der Waals surface area contributed by atoms with Crippen molar-refractivity contribution in [3.8, 4) is 5.75 Å². The van der Waals surface area contributed by atoms with Gasteiger partial charge in [-0.2, -0.15) is 0 Å². The van der Waals surface area contributed by atoms with Crippen LogP contribution >= 0.6 is 7.82 Å². The minimum atomic E-state index is -4.75. The summed E-state index contributed by atoms with van der Waals surface area (Å²) in [7, 11) is -4.75. The van der Waals surface area contributed by atoms with Gasteiger partial charge < -0.3 is 30.5 Å². The van der Waals surface area contributed by atoms with Crippen molar-refractivity contribution in [3.05, 3.63) is 65.7 Å². The second kappa shape index (κ2) is 17.4. The number of nitrogens with one attached hydrogen (secondary N) is 2. The van der Waals surface area contributed by atoms with Crippen LogP contribution in [0.4, 0.5) is 0 Å². The van der Waals surface area contributed by atoms with E-state index in [0.717, 1.165) is 37.7 Å². The topological polar surface area (TPSA) is 198 Å². The van der Waals surface area contributed by atoms with E-state index >= 15 is 0 Å². The van der Waals surface area contributed by atoms with E-state index in [9.17, 15) is 23.7 Å². The van der Waals surface area contributed by atoms with Gasteiger partial charge in [0.1, 0.15) is 24.4 Å². The molecule has 6 N–H and O–H groups in total. The third-order valence-corrected chi connectivity index (χ3v) is 8.99. The van der Waals surface area contributed by atoms with Crippen LogP contribution in [0.1, 0.15) is 68.9 Å². The van der Waals surface area contributed by atoms with Gasteiger partial charge >= 0.3 is 13.8 Å². The highest BCUT2D eigenvalue weighted by Gasteiger charge is 2.44. The molecule has 0 aliphatic carbocycles. The van der Waals surface area contributed by atoms with Crippen LogP contribution in [-0.2, 0) is 41.5 Å². The summed E-state index contributed by atoms with van der Waals surface area (Å²) in [5, 5.41) is 5.83. The Morgan fingerprint density at radius 2 is 1.68 bits per heavy atom. The lowest BCUT2D eigenvalue weighted by Gasteiger charge is -2.35. The molecule has 2 heterocycles. The Bertz CT molecular complexity index is 1400. The van der Waals surface area contributed by atoms with Crippen LogP contribution in [0.5, 0.6) is 5.75 Å². The number of carbonyl (C=O) groups is 4. The molecule has 3 amide bonds. The highest BCUT2D eigenvalue weighted by molar-refractivity contribution is 7.46. The number of rotatable bonds is 15. The average molecular weight is 673 g/mol. The number of nitrogens with zero attached hydrogens (tertiary/aromatic N) is 1. The summed E-state index contributed by atoms with van der Waals surface area (Å²) in [6.45, 7) is 1.05. The summed E-state index contributed by atoms with van der Waals surface area (Å²) in [5.41, 5.74) is 6.96. The Labute approximate surface area is 274 Å². The van der Waals surface area contributed by atoms with Crippen LogP contribution in [-0.4, -0.2) is 69.6 Å². The molecule has 0 saturated carbocycles. The fraction of sp³-hybridized carbons (Fsp3) is 0.515. The molecule has 2 aromatic carbocycles.